The monoisotopic (exact) mass is 280 g/mol. The van der Waals surface area contributed by atoms with Crippen molar-refractivity contribution in [2.24, 2.45) is 5.73 Å². The van der Waals surface area contributed by atoms with Gasteiger partial charge < -0.3 is 10.6 Å². The molecule has 21 heavy (non-hydrogen) atoms. The molecule has 0 aromatic heterocycles. The van der Waals surface area contributed by atoms with Gasteiger partial charge in [-0.3, -0.25) is 4.79 Å². The fraction of sp³-hybridized carbons (Fsp3) is 0.278. The summed E-state index contributed by atoms with van der Waals surface area (Å²) in [6.07, 6.45) is 1.38. The maximum atomic E-state index is 12.5. The Morgan fingerprint density at radius 2 is 1.67 bits per heavy atom. The quantitative estimate of drug-likeness (QED) is 0.937. The van der Waals surface area contributed by atoms with E-state index in [0.717, 1.165) is 30.6 Å². The number of nitrogens with two attached hydrogens (primary N) is 1. The number of fused-ring (bicyclic) bond motifs is 1. The minimum atomic E-state index is 0.186. The first kappa shape index (κ1) is 13.8. The summed E-state index contributed by atoms with van der Waals surface area (Å²) in [5.41, 5.74) is 10.5. The third-order valence-electron chi connectivity index (χ3n) is 4.16. The van der Waals surface area contributed by atoms with Gasteiger partial charge in [-0.1, -0.05) is 48.5 Å². The molecule has 0 radical (unpaired) electrons. The predicted molar refractivity (Wildman–Crippen MR) is 83.6 cm³/mol. The first-order valence-corrected chi connectivity index (χ1v) is 7.39. The van der Waals surface area contributed by atoms with Crippen LogP contribution in [0.25, 0.3) is 0 Å². The SMILES string of the molecule is NCc1ccccc1CC(=O)N1CCc2ccccc2C1. The van der Waals surface area contributed by atoms with E-state index in [1.807, 2.05) is 35.2 Å². The minimum absolute atomic E-state index is 0.186. The molecule has 0 unspecified atom stereocenters. The van der Waals surface area contributed by atoms with Crippen LogP contribution < -0.4 is 5.73 Å². The van der Waals surface area contributed by atoms with E-state index in [9.17, 15) is 4.79 Å². The molecule has 1 aliphatic heterocycles. The third-order valence-corrected chi connectivity index (χ3v) is 4.16. The third kappa shape index (κ3) is 2.98. The summed E-state index contributed by atoms with van der Waals surface area (Å²) in [7, 11) is 0. The topological polar surface area (TPSA) is 46.3 Å². The van der Waals surface area contributed by atoms with Gasteiger partial charge in [0.1, 0.15) is 0 Å². The first-order valence-electron chi connectivity index (χ1n) is 7.39. The number of rotatable bonds is 3. The van der Waals surface area contributed by atoms with Crippen LogP contribution in [0.2, 0.25) is 0 Å². The molecule has 0 atom stereocenters. The first-order chi connectivity index (χ1) is 10.3. The number of carbonyl (C=O) groups is 1. The van der Waals surface area contributed by atoms with Crippen LogP contribution in [0.1, 0.15) is 22.3 Å². The predicted octanol–water partition coefficient (Wildman–Crippen LogP) is 2.27. The van der Waals surface area contributed by atoms with Crippen molar-refractivity contribution >= 4 is 5.91 Å². The Hall–Kier alpha value is -2.13. The van der Waals surface area contributed by atoms with Gasteiger partial charge in [0.25, 0.3) is 0 Å². The largest absolute Gasteiger partial charge is 0.338 e. The zero-order chi connectivity index (χ0) is 14.7. The molecular formula is C18H20N2O. The van der Waals surface area contributed by atoms with Crippen LogP contribution in [0.5, 0.6) is 0 Å². The van der Waals surface area contributed by atoms with Gasteiger partial charge in [0.2, 0.25) is 5.91 Å². The summed E-state index contributed by atoms with van der Waals surface area (Å²) >= 11 is 0. The molecule has 3 nitrogen and oxygen atoms in total. The van der Waals surface area contributed by atoms with E-state index >= 15 is 0 Å². The van der Waals surface area contributed by atoms with Gasteiger partial charge in [0, 0.05) is 19.6 Å². The van der Waals surface area contributed by atoms with E-state index in [4.69, 9.17) is 5.73 Å². The summed E-state index contributed by atoms with van der Waals surface area (Å²) in [5.74, 6) is 0.186. The fourth-order valence-electron chi connectivity index (χ4n) is 2.91. The molecule has 2 aromatic carbocycles. The van der Waals surface area contributed by atoms with Crippen LogP contribution in [0.3, 0.4) is 0 Å². The normalized spacial score (nSPS) is 13.9. The van der Waals surface area contributed by atoms with Crippen LogP contribution in [0.4, 0.5) is 0 Å². The van der Waals surface area contributed by atoms with Gasteiger partial charge in [-0.25, -0.2) is 0 Å². The number of amides is 1. The van der Waals surface area contributed by atoms with E-state index in [1.165, 1.54) is 11.1 Å². The Balaban J connectivity index is 1.72. The lowest BCUT2D eigenvalue weighted by atomic mass is 9.98. The molecule has 1 heterocycles. The van der Waals surface area contributed by atoms with Gasteiger partial charge in [0.15, 0.2) is 0 Å². The molecule has 0 fully saturated rings. The minimum Gasteiger partial charge on any atom is -0.338 e. The lowest BCUT2D eigenvalue weighted by molar-refractivity contribution is -0.131. The highest BCUT2D eigenvalue weighted by molar-refractivity contribution is 5.79. The van der Waals surface area contributed by atoms with Crippen molar-refractivity contribution in [3.63, 3.8) is 0 Å². The van der Waals surface area contributed by atoms with E-state index in [-0.39, 0.29) is 5.91 Å². The smallest absolute Gasteiger partial charge is 0.227 e. The van der Waals surface area contributed by atoms with Crippen molar-refractivity contribution in [2.45, 2.75) is 25.9 Å². The Morgan fingerprint density at radius 1 is 1.00 bits per heavy atom. The highest BCUT2D eigenvalue weighted by Crippen LogP contribution is 2.19. The van der Waals surface area contributed by atoms with E-state index in [0.29, 0.717) is 13.0 Å². The Kier molecular flexibility index (Phi) is 4.02. The molecule has 0 aliphatic carbocycles. The standard InChI is InChI=1S/C18H20N2O/c19-12-16-7-3-2-6-15(16)11-18(21)20-10-9-14-5-1-4-8-17(14)13-20/h1-8H,9-13,19H2. The lowest BCUT2D eigenvalue weighted by Crippen LogP contribution is -2.37. The highest BCUT2D eigenvalue weighted by Gasteiger charge is 2.20. The van der Waals surface area contributed by atoms with Crippen LogP contribution >= 0.6 is 0 Å². The van der Waals surface area contributed by atoms with Crippen molar-refractivity contribution in [3.05, 3.63) is 70.8 Å². The number of benzene rings is 2. The summed E-state index contributed by atoms with van der Waals surface area (Å²) in [5, 5.41) is 0. The Labute approximate surface area is 125 Å². The number of carbonyl (C=O) groups excluding carboxylic acids is 1. The van der Waals surface area contributed by atoms with Crippen molar-refractivity contribution in [1.29, 1.82) is 0 Å². The van der Waals surface area contributed by atoms with E-state index < -0.39 is 0 Å². The lowest BCUT2D eigenvalue weighted by Gasteiger charge is -2.29. The van der Waals surface area contributed by atoms with Gasteiger partial charge in [-0.05, 0) is 28.7 Å². The average molecular weight is 280 g/mol. The second-order valence-corrected chi connectivity index (χ2v) is 5.48. The highest BCUT2D eigenvalue weighted by atomic mass is 16.2. The molecule has 0 spiro atoms. The maximum Gasteiger partial charge on any atom is 0.227 e. The van der Waals surface area contributed by atoms with Gasteiger partial charge in [-0.2, -0.15) is 0 Å². The molecule has 0 bridgehead atoms. The summed E-state index contributed by atoms with van der Waals surface area (Å²) < 4.78 is 0. The number of nitrogens with zero attached hydrogens (tertiary/aromatic N) is 1. The fourth-order valence-corrected chi connectivity index (χ4v) is 2.91. The van der Waals surface area contributed by atoms with Crippen LogP contribution in [-0.2, 0) is 30.7 Å². The van der Waals surface area contributed by atoms with Crippen molar-refractivity contribution in [2.75, 3.05) is 6.54 Å². The second-order valence-electron chi connectivity index (χ2n) is 5.48. The molecule has 3 heteroatoms. The second kappa shape index (κ2) is 6.10. The van der Waals surface area contributed by atoms with Crippen LogP contribution in [0.15, 0.2) is 48.5 Å². The zero-order valence-corrected chi connectivity index (χ0v) is 12.1. The summed E-state index contributed by atoms with van der Waals surface area (Å²) in [4.78, 5) is 14.5. The molecule has 1 aliphatic rings. The molecule has 3 rings (SSSR count). The molecule has 108 valence electrons. The van der Waals surface area contributed by atoms with Crippen LogP contribution in [0, 0.1) is 0 Å². The molecule has 0 saturated carbocycles. The maximum absolute atomic E-state index is 12.5. The summed E-state index contributed by atoms with van der Waals surface area (Å²) in [6, 6.07) is 16.3. The molecule has 0 saturated heterocycles. The summed E-state index contributed by atoms with van der Waals surface area (Å²) in [6.45, 7) is 2.01. The molecule has 2 aromatic rings. The van der Waals surface area contributed by atoms with Crippen LogP contribution in [-0.4, -0.2) is 17.4 Å². The van der Waals surface area contributed by atoms with Gasteiger partial charge in [0.05, 0.1) is 6.42 Å². The van der Waals surface area contributed by atoms with E-state index in [2.05, 4.69) is 18.2 Å². The van der Waals surface area contributed by atoms with Gasteiger partial charge >= 0.3 is 0 Å². The molecular weight excluding hydrogens is 260 g/mol. The number of hydrogen-bond acceptors (Lipinski definition) is 2. The van der Waals surface area contributed by atoms with Crippen molar-refractivity contribution in [3.8, 4) is 0 Å². The van der Waals surface area contributed by atoms with E-state index in [1.54, 1.807) is 0 Å². The van der Waals surface area contributed by atoms with Crippen molar-refractivity contribution in [1.82, 2.24) is 4.90 Å². The number of hydrogen-bond donors (Lipinski definition) is 1. The average Bonchev–Trinajstić information content (AvgIpc) is 2.55. The Bertz CT molecular complexity index is 651. The molecule has 2 N–H and O–H groups in total. The van der Waals surface area contributed by atoms with Crippen molar-refractivity contribution < 1.29 is 4.79 Å². The zero-order valence-electron chi connectivity index (χ0n) is 12.1. The van der Waals surface area contributed by atoms with Gasteiger partial charge in [-0.15, -0.1) is 0 Å². The molecule has 1 amide bonds. The Morgan fingerprint density at radius 3 is 2.43 bits per heavy atom.